The zero-order chi connectivity index (χ0) is 48.1. The number of carbonyl (C=O) groups excluding carboxylic acids is 2. The summed E-state index contributed by atoms with van der Waals surface area (Å²) in [6.07, 6.45) is 0.833. The van der Waals surface area contributed by atoms with Crippen LogP contribution in [-0.2, 0) is 28.9 Å². The second kappa shape index (κ2) is 25.0. The summed E-state index contributed by atoms with van der Waals surface area (Å²) in [5.41, 5.74) is 21.2. The number of carbonyl (C=O) groups is 6. The second-order valence-corrected chi connectivity index (χ2v) is 16.5. The van der Waals surface area contributed by atoms with Crippen molar-refractivity contribution in [2.45, 2.75) is 151 Å². The number of imide groups is 1. The molecule has 6 N–H and O–H groups in total. The summed E-state index contributed by atoms with van der Waals surface area (Å²) in [7, 11) is 0. The molecular weight excluding hydrogens is 838 g/mol. The summed E-state index contributed by atoms with van der Waals surface area (Å²) in [5, 5.41) is 38.7. The van der Waals surface area contributed by atoms with Crippen molar-refractivity contribution >= 4 is 35.7 Å². The molecule has 0 aromatic heterocycles. The van der Waals surface area contributed by atoms with Crippen LogP contribution in [0.3, 0.4) is 0 Å². The average Bonchev–Trinajstić information content (AvgIpc) is 3.19. The fourth-order valence-corrected chi connectivity index (χ4v) is 8.31. The van der Waals surface area contributed by atoms with Crippen LogP contribution in [-0.4, -0.2) is 61.6 Å². The summed E-state index contributed by atoms with van der Waals surface area (Å²) >= 11 is 0. The van der Waals surface area contributed by atoms with Crippen LogP contribution in [0.1, 0.15) is 167 Å². The van der Waals surface area contributed by atoms with Gasteiger partial charge >= 0.3 is 53.4 Å². The van der Waals surface area contributed by atoms with Crippen LogP contribution in [0.2, 0.25) is 0 Å². The minimum atomic E-state index is -1.06. The molecule has 350 valence electrons. The minimum Gasteiger partial charge on any atom is -0.870 e. The van der Waals surface area contributed by atoms with Gasteiger partial charge in [0.1, 0.15) is 0 Å². The molecule has 0 saturated heterocycles. The van der Waals surface area contributed by atoms with Gasteiger partial charge in [0.15, 0.2) is 0 Å². The van der Waals surface area contributed by atoms with Gasteiger partial charge in [0, 0.05) is 5.56 Å². The number of nitrogens with one attached hydrogen (secondary N) is 1. The van der Waals surface area contributed by atoms with E-state index < -0.39 is 23.9 Å². The van der Waals surface area contributed by atoms with Crippen molar-refractivity contribution in [1.29, 1.82) is 0 Å². The van der Waals surface area contributed by atoms with E-state index in [1.807, 2.05) is 104 Å². The number of carboxylic acid groups (broad SMARTS) is 4. The van der Waals surface area contributed by atoms with Crippen molar-refractivity contribution in [3.63, 3.8) is 0 Å². The summed E-state index contributed by atoms with van der Waals surface area (Å²) in [5.74, 6) is -4.18. The molecule has 0 saturated carbocycles. The van der Waals surface area contributed by atoms with E-state index >= 15 is 0 Å². The molecule has 5 rings (SSSR count). The van der Waals surface area contributed by atoms with E-state index in [0.29, 0.717) is 34.2 Å². The van der Waals surface area contributed by atoms with Crippen molar-refractivity contribution in [2.24, 2.45) is 0 Å². The molecule has 0 spiro atoms. The van der Waals surface area contributed by atoms with Gasteiger partial charge in [-0.1, -0.05) is 14.4 Å². The molecule has 0 fully saturated rings. The van der Waals surface area contributed by atoms with Gasteiger partial charge in [0.05, 0.1) is 29.5 Å². The quantitative estimate of drug-likeness (QED) is 0.0938. The first kappa shape index (κ1) is 61.9. The van der Waals surface area contributed by atoms with Crippen molar-refractivity contribution in [1.82, 2.24) is 5.32 Å². The summed E-state index contributed by atoms with van der Waals surface area (Å²) in [4.78, 5) is 67.5. The van der Waals surface area contributed by atoms with Crippen molar-refractivity contribution in [3.05, 3.63) is 134 Å². The first-order valence-electron chi connectivity index (χ1n) is 20.6. The molecule has 1 aliphatic heterocycles. The Morgan fingerprint density at radius 2 is 0.738 bits per heavy atom. The number of benzene rings is 4. The van der Waals surface area contributed by atoms with Crippen LogP contribution >= 0.6 is 0 Å². The molecule has 2 amide bonds. The van der Waals surface area contributed by atoms with E-state index in [1.54, 1.807) is 13.8 Å². The zero-order valence-corrected chi connectivity index (χ0v) is 43.3. The van der Waals surface area contributed by atoms with Crippen LogP contribution in [0.5, 0.6) is 0 Å². The van der Waals surface area contributed by atoms with Gasteiger partial charge in [-0.05, 0) is 235 Å². The maximum atomic E-state index is 11.8. The topological polar surface area (TPSA) is 225 Å². The maximum absolute atomic E-state index is 11.8. The fourth-order valence-electron chi connectivity index (χ4n) is 8.31. The number of aromatic carboxylic acids is 3. The largest absolute Gasteiger partial charge is 1.00 e. The van der Waals surface area contributed by atoms with Crippen molar-refractivity contribution < 1.29 is 84.2 Å². The Kier molecular flexibility index (Phi) is 23.8. The standard InChI is InChI=1S/C13H15NO2.C13H16O4.C13H18O2.C12H16O2.CH4.Na.H2O/c1-6-7(2)9(4)12-10(8(6)3)5-11(15)14-13(12)16;1-6-7(2)9(4)12(13(16)17)10(8(6)3)5-11(14)15;1-6-11-9(4)7(2)8(3)10(5)12(11)13(14)15;1-6-7(2)9(4)11(12(13)14)10(5)8(6)3;;;/h5H2,1-4H3,(H,14,15,16);5H2,1-4H3,(H,14,15)(H,16,17);6H2,1-5H3,(H,14,15);1-5H3,(H,13,14);1H4;;1H2/q;;;;;+1;/p-1. The van der Waals surface area contributed by atoms with Crippen LogP contribution in [0.15, 0.2) is 0 Å². The first-order chi connectivity index (χ1) is 28.5. The summed E-state index contributed by atoms with van der Waals surface area (Å²) < 4.78 is 0. The molecule has 0 radical (unpaired) electrons. The van der Waals surface area contributed by atoms with Gasteiger partial charge < -0.3 is 25.9 Å². The van der Waals surface area contributed by atoms with Crippen molar-refractivity contribution in [3.8, 4) is 0 Å². The molecule has 13 heteroatoms. The summed E-state index contributed by atoms with van der Waals surface area (Å²) in [6.45, 7) is 34.9. The van der Waals surface area contributed by atoms with E-state index in [1.165, 1.54) is 16.7 Å². The van der Waals surface area contributed by atoms with Gasteiger partial charge in [0.2, 0.25) is 5.91 Å². The molecule has 4 aromatic rings. The predicted molar refractivity (Wildman–Crippen MR) is 253 cm³/mol. The van der Waals surface area contributed by atoms with Gasteiger partial charge in [-0.25, -0.2) is 14.4 Å². The van der Waals surface area contributed by atoms with Crippen LogP contribution < -0.4 is 34.9 Å². The number of aliphatic carboxylic acids is 1. The Morgan fingerprint density at radius 1 is 0.446 bits per heavy atom. The molecule has 0 aliphatic carbocycles. The van der Waals surface area contributed by atoms with Crippen LogP contribution in [0.25, 0.3) is 0 Å². The number of carboxylic acids is 4. The van der Waals surface area contributed by atoms with E-state index in [9.17, 15) is 39.0 Å². The van der Waals surface area contributed by atoms with E-state index in [0.717, 1.165) is 89.9 Å². The molecule has 0 atom stereocenters. The van der Waals surface area contributed by atoms with Crippen molar-refractivity contribution in [2.75, 3.05) is 0 Å². The number of rotatable bonds is 6. The second-order valence-electron chi connectivity index (χ2n) is 16.5. The number of hydrogen-bond donors (Lipinski definition) is 5. The first-order valence-corrected chi connectivity index (χ1v) is 20.6. The third-order valence-corrected chi connectivity index (χ3v) is 13.6. The predicted octanol–water partition coefficient (Wildman–Crippen LogP) is 7.55. The Labute approximate surface area is 407 Å². The van der Waals surface area contributed by atoms with E-state index in [4.69, 9.17) is 10.2 Å². The molecule has 0 unspecified atom stereocenters. The smallest absolute Gasteiger partial charge is 0.870 e. The third-order valence-electron chi connectivity index (χ3n) is 13.6. The Hall–Kier alpha value is -5.14. The SMILES string of the molecule is C.CCc1c(C)c(C)c(C)c(C)c1C(=O)O.Cc1c(C)c(C)c(C(=O)O)c(C)c1C.Cc1c(C)c(C)c(C(=O)O)c(CC(=O)O)c1C.Cc1c(C)c(C)c2c(c1C)CC(=O)NC2=O.[Na+].[OH-]. The Bertz CT molecular complexity index is 2520. The molecule has 65 heavy (non-hydrogen) atoms. The molecule has 0 bridgehead atoms. The number of fused-ring (bicyclic) bond motifs is 1. The van der Waals surface area contributed by atoms with Gasteiger partial charge in [-0.15, -0.1) is 0 Å². The zero-order valence-electron chi connectivity index (χ0n) is 41.3. The summed E-state index contributed by atoms with van der Waals surface area (Å²) in [6, 6.07) is 0. The molecule has 4 aromatic carbocycles. The fraction of sp³-hybridized carbons (Fsp3) is 0.423. The van der Waals surface area contributed by atoms with Crippen LogP contribution in [0.4, 0.5) is 0 Å². The third kappa shape index (κ3) is 13.0. The molecular formula is C52H70NNaO11. The number of amides is 2. The van der Waals surface area contributed by atoms with E-state index in [-0.39, 0.29) is 66.3 Å². The average molecular weight is 908 g/mol. The molecule has 1 heterocycles. The Balaban J connectivity index is 0. The molecule has 1 aliphatic rings. The van der Waals surface area contributed by atoms with E-state index in [2.05, 4.69) is 12.2 Å². The monoisotopic (exact) mass is 907 g/mol. The maximum Gasteiger partial charge on any atom is 1.00 e. The van der Waals surface area contributed by atoms with Gasteiger partial charge in [-0.3, -0.25) is 19.7 Å². The minimum absolute atomic E-state index is 0. The number of hydrogen-bond acceptors (Lipinski definition) is 7. The Morgan fingerprint density at radius 3 is 1.09 bits per heavy atom. The van der Waals surface area contributed by atoms with Gasteiger partial charge in [-0.2, -0.15) is 0 Å². The molecule has 12 nitrogen and oxygen atoms in total. The van der Waals surface area contributed by atoms with Gasteiger partial charge in [0.25, 0.3) is 5.91 Å². The van der Waals surface area contributed by atoms with Crippen LogP contribution in [0, 0.1) is 118 Å². The normalized spacial score (nSPS) is 11.0.